The quantitative estimate of drug-likeness (QED) is 0.810. The van der Waals surface area contributed by atoms with Gasteiger partial charge in [0.1, 0.15) is 11.6 Å². The Hall–Kier alpha value is -1.75. The van der Waals surface area contributed by atoms with Crippen molar-refractivity contribution in [2.45, 2.75) is 20.0 Å². The van der Waals surface area contributed by atoms with E-state index in [0.717, 1.165) is 42.4 Å². The normalized spacial score (nSPS) is 14.7. The first-order valence-electron chi connectivity index (χ1n) is 5.65. The molecule has 3 rings (SSSR count). The number of nitrogens with zero attached hydrogens (tertiary/aromatic N) is 3. The summed E-state index contributed by atoms with van der Waals surface area (Å²) in [4.78, 5) is 0. The largest absolute Gasteiger partial charge is 0.309 e. The van der Waals surface area contributed by atoms with Gasteiger partial charge in [0.05, 0.1) is 6.54 Å². The Morgan fingerprint density at radius 2 is 2.24 bits per heavy atom. The number of rotatable bonds is 1. The van der Waals surface area contributed by atoms with E-state index in [0.29, 0.717) is 0 Å². The molecule has 1 aliphatic heterocycles. The summed E-state index contributed by atoms with van der Waals surface area (Å²) in [6.45, 7) is 4.40. The van der Waals surface area contributed by atoms with E-state index < -0.39 is 0 Å². The first kappa shape index (κ1) is 10.4. The molecule has 1 N–H and O–H groups in total. The van der Waals surface area contributed by atoms with Gasteiger partial charge in [-0.15, -0.1) is 10.2 Å². The summed E-state index contributed by atoms with van der Waals surface area (Å²) in [6, 6.07) is 4.76. The molecule has 88 valence electrons. The molecule has 1 aromatic heterocycles. The lowest BCUT2D eigenvalue weighted by molar-refractivity contribution is 0.508. The molecule has 0 amide bonds. The van der Waals surface area contributed by atoms with Gasteiger partial charge in [-0.2, -0.15) is 0 Å². The standard InChI is InChI=1S/C12H13FN4/c1-8-6-9(13)2-3-10(8)12-16-15-11-7-14-4-5-17(11)12/h2-3,6,14H,4-5,7H2,1H3. The smallest absolute Gasteiger partial charge is 0.164 e. The van der Waals surface area contributed by atoms with Crippen molar-refractivity contribution in [2.24, 2.45) is 0 Å². The van der Waals surface area contributed by atoms with Gasteiger partial charge in [0.15, 0.2) is 5.82 Å². The Bertz CT molecular complexity index is 562. The third kappa shape index (κ3) is 1.72. The van der Waals surface area contributed by atoms with Crippen molar-refractivity contribution in [1.29, 1.82) is 0 Å². The van der Waals surface area contributed by atoms with Crippen LogP contribution < -0.4 is 5.32 Å². The van der Waals surface area contributed by atoms with E-state index in [-0.39, 0.29) is 5.82 Å². The van der Waals surface area contributed by atoms with Gasteiger partial charge in [0.25, 0.3) is 0 Å². The van der Waals surface area contributed by atoms with Gasteiger partial charge in [-0.25, -0.2) is 4.39 Å². The van der Waals surface area contributed by atoms with Gasteiger partial charge in [-0.1, -0.05) is 0 Å². The van der Waals surface area contributed by atoms with E-state index in [9.17, 15) is 4.39 Å². The molecule has 0 radical (unpaired) electrons. The van der Waals surface area contributed by atoms with Crippen LogP contribution in [0.2, 0.25) is 0 Å². The maximum Gasteiger partial charge on any atom is 0.164 e. The van der Waals surface area contributed by atoms with Crippen LogP contribution in [0.1, 0.15) is 11.4 Å². The molecular weight excluding hydrogens is 219 g/mol. The molecule has 5 heteroatoms. The number of benzene rings is 1. The molecule has 0 saturated carbocycles. The molecule has 0 unspecified atom stereocenters. The fourth-order valence-corrected chi connectivity index (χ4v) is 2.17. The van der Waals surface area contributed by atoms with Crippen molar-refractivity contribution in [3.05, 3.63) is 35.4 Å². The predicted octanol–water partition coefficient (Wildman–Crippen LogP) is 1.50. The molecule has 2 aromatic rings. The van der Waals surface area contributed by atoms with Gasteiger partial charge >= 0.3 is 0 Å². The minimum Gasteiger partial charge on any atom is -0.309 e. The molecule has 1 aromatic carbocycles. The average Bonchev–Trinajstić information content (AvgIpc) is 2.73. The maximum atomic E-state index is 13.1. The second kappa shape index (κ2) is 3.92. The summed E-state index contributed by atoms with van der Waals surface area (Å²) < 4.78 is 15.2. The van der Waals surface area contributed by atoms with Crippen LogP contribution in [0, 0.1) is 12.7 Å². The summed E-state index contributed by atoms with van der Waals surface area (Å²) in [5, 5.41) is 11.6. The van der Waals surface area contributed by atoms with E-state index in [2.05, 4.69) is 20.1 Å². The van der Waals surface area contributed by atoms with Crippen molar-refractivity contribution in [3.63, 3.8) is 0 Å². The van der Waals surface area contributed by atoms with E-state index in [4.69, 9.17) is 0 Å². The first-order valence-corrected chi connectivity index (χ1v) is 5.65. The lowest BCUT2D eigenvalue weighted by Gasteiger charge is -2.16. The van der Waals surface area contributed by atoms with Crippen LogP contribution in [0.3, 0.4) is 0 Å². The third-order valence-electron chi connectivity index (χ3n) is 3.05. The zero-order chi connectivity index (χ0) is 11.8. The second-order valence-corrected chi connectivity index (χ2v) is 4.23. The minimum absolute atomic E-state index is 0.216. The number of hydrogen-bond acceptors (Lipinski definition) is 3. The van der Waals surface area contributed by atoms with Crippen molar-refractivity contribution in [2.75, 3.05) is 6.54 Å². The highest BCUT2D eigenvalue weighted by Crippen LogP contribution is 2.23. The summed E-state index contributed by atoms with van der Waals surface area (Å²) >= 11 is 0. The Balaban J connectivity index is 2.12. The van der Waals surface area contributed by atoms with Crippen LogP contribution in [0.25, 0.3) is 11.4 Å². The van der Waals surface area contributed by atoms with E-state index in [1.165, 1.54) is 12.1 Å². The van der Waals surface area contributed by atoms with E-state index >= 15 is 0 Å². The molecule has 17 heavy (non-hydrogen) atoms. The number of aromatic nitrogens is 3. The summed E-state index contributed by atoms with van der Waals surface area (Å²) in [5.41, 5.74) is 1.84. The van der Waals surface area contributed by atoms with Gasteiger partial charge in [0, 0.05) is 18.7 Å². The van der Waals surface area contributed by atoms with Crippen LogP contribution in [0.5, 0.6) is 0 Å². The van der Waals surface area contributed by atoms with Crippen LogP contribution in [-0.2, 0) is 13.1 Å². The minimum atomic E-state index is -0.216. The molecule has 4 nitrogen and oxygen atoms in total. The molecule has 0 fully saturated rings. The number of halogens is 1. The van der Waals surface area contributed by atoms with Crippen LogP contribution >= 0.6 is 0 Å². The SMILES string of the molecule is Cc1cc(F)ccc1-c1nnc2n1CCNC2. The number of nitrogens with one attached hydrogen (secondary N) is 1. The highest BCUT2D eigenvalue weighted by atomic mass is 19.1. The molecule has 0 saturated heterocycles. The Morgan fingerprint density at radius 1 is 1.35 bits per heavy atom. The monoisotopic (exact) mass is 232 g/mol. The summed E-state index contributed by atoms with van der Waals surface area (Å²) in [5.74, 6) is 1.56. The molecule has 0 aliphatic carbocycles. The predicted molar refractivity (Wildman–Crippen MR) is 61.9 cm³/mol. The van der Waals surface area contributed by atoms with Crippen LogP contribution in [0.4, 0.5) is 4.39 Å². The first-order chi connectivity index (χ1) is 8.25. The average molecular weight is 232 g/mol. The van der Waals surface area contributed by atoms with E-state index in [1.807, 2.05) is 6.92 Å². The van der Waals surface area contributed by atoms with Gasteiger partial charge in [-0.3, -0.25) is 0 Å². The van der Waals surface area contributed by atoms with Crippen molar-refractivity contribution in [3.8, 4) is 11.4 Å². The Labute approximate surface area is 98.5 Å². The summed E-state index contributed by atoms with van der Waals surface area (Å²) in [6.07, 6.45) is 0. The number of hydrogen-bond donors (Lipinski definition) is 1. The zero-order valence-corrected chi connectivity index (χ0v) is 9.57. The fourth-order valence-electron chi connectivity index (χ4n) is 2.17. The lowest BCUT2D eigenvalue weighted by Crippen LogP contribution is -2.28. The molecule has 2 heterocycles. The molecular formula is C12H13FN4. The van der Waals surface area contributed by atoms with E-state index in [1.54, 1.807) is 6.07 Å². The van der Waals surface area contributed by atoms with Crippen molar-refractivity contribution in [1.82, 2.24) is 20.1 Å². The van der Waals surface area contributed by atoms with Crippen LogP contribution in [0.15, 0.2) is 18.2 Å². The lowest BCUT2D eigenvalue weighted by atomic mass is 10.1. The molecule has 0 spiro atoms. The maximum absolute atomic E-state index is 13.1. The van der Waals surface area contributed by atoms with Crippen molar-refractivity contribution >= 4 is 0 Å². The van der Waals surface area contributed by atoms with Gasteiger partial charge in [0.2, 0.25) is 0 Å². The summed E-state index contributed by atoms with van der Waals surface area (Å²) in [7, 11) is 0. The molecule has 0 atom stereocenters. The fraction of sp³-hybridized carbons (Fsp3) is 0.333. The highest BCUT2D eigenvalue weighted by Gasteiger charge is 2.17. The molecule has 0 bridgehead atoms. The zero-order valence-electron chi connectivity index (χ0n) is 9.57. The Kier molecular flexibility index (Phi) is 2.40. The van der Waals surface area contributed by atoms with Crippen molar-refractivity contribution < 1.29 is 4.39 Å². The highest BCUT2D eigenvalue weighted by molar-refractivity contribution is 5.60. The van der Waals surface area contributed by atoms with Gasteiger partial charge < -0.3 is 9.88 Å². The van der Waals surface area contributed by atoms with Gasteiger partial charge in [-0.05, 0) is 30.7 Å². The number of fused-ring (bicyclic) bond motifs is 1. The number of aryl methyl sites for hydroxylation is 1. The topological polar surface area (TPSA) is 42.7 Å². The molecule has 1 aliphatic rings. The third-order valence-corrected chi connectivity index (χ3v) is 3.05. The van der Waals surface area contributed by atoms with Crippen LogP contribution in [-0.4, -0.2) is 21.3 Å². The Morgan fingerprint density at radius 3 is 3.06 bits per heavy atom. The second-order valence-electron chi connectivity index (χ2n) is 4.23.